The molecule has 0 aliphatic rings. The Kier molecular flexibility index (Phi) is 4.77. The number of methoxy groups -OCH3 is 1. The number of amides is 1. The van der Waals surface area contributed by atoms with Crippen molar-refractivity contribution in [3.8, 4) is 0 Å². The number of hydrogen-bond acceptors (Lipinski definition) is 3. The van der Waals surface area contributed by atoms with E-state index >= 15 is 0 Å². The molecule has 0 aromatic rings. The largest absolute Gasteiger partial charge is 0.392 e. The molecule has 2 unspecified atom stereocenters. The molecule has 1 amide bonds. The maximum absolute atomic E-state index is 11.1. The molecule has 0 aliphatic heterocycles. The van der Waals surface area contributed by atoms with E-state index in [1.165, 1.54) is 7.11 Å². The zero-order valence-corrected chi connectivity index (χ0v) is 8.27. The highest BCUT2D eigenvalue weighted by Gasteiger charge is 2.14. The molecular weight excluding hydrogens is 176 g/mol. The molecule has 0 spiro atoms. The first kappa shape index (κ1) is 11.3. The van der Waals surface area contributed by atoms with Gasteiger partial charge in [0, 0.05) is 7.11 Å². The number of carbonyl (C=O) groups is 1. The van der Waals surface area contributed by atoms with Gasteiger partial charge in [-0.3, -0.25) is 4.79 Å². The lowest BCUT2D eigenvalue weighted by Crippen LogP contribution is -2.45. The highest BCUT2D eigenvalue weighted by Crippen LogP contribution is 1.89. The third-order valence-electron chi connectivity index (χ3n) is 1.51. The molecule has 4 nitrogen and oxygen atoms in total. The fraction of sp³-hybridized carbons (Fsp3) is 0.714. The molecule has 0 saturated carbocycles. The van der Waals surface area contributed by atoms with Gasteiger partial charge in [-0.15, -0.1) is 0 Å². The molecule has 0 saturated heterocycles. The number of rotatable bonds is 4. The lowest BCUT2D eigenvalue weighted by molar-refractivity contribution is -0.130. The van der Waals surface area contributed by atoms with Crippen molar-refractivity contribution in [1.29, 1.82) is 0 Å². The molecule has 0 radical (unpaired) electrons. The Hall–Kier alpha value is -0.680. The number of thiocarbonyl (C=S) groups is 1. The molecule has 0 aromatic carbocycles. The van der Waals surface area contributed by atoms with Crippen LogP contribution in [0.15, 0.2) is 0 Å². The molecule has 0 aromatic heterocycles. The summed E-state index contributed by atoms with van der Waals surface area (Å²) in [7, 11) is 1.47. The predicted molar refractivity (Wildman–Crippen MR) is 50.9 cm³/mol. The minimum atomic E-state index is -0.471. The third-order valence-corrected chi connectivity index (χ3v) is 1.86. The van der Waals surface area contributed by atoms with Gasteiger partial charge in [0.2, 0.25) is 5.91 Å². The van der Waals surface area contributed by atoms with Crippen molar-refractivity contribution in [2.45, 2.75) is 26.0 Å². The number of nitrogens with two attached hydrogens (primary N) is 1. The molecular formula is C7H14N2O2S. The van der Waals surface area contributed by atoms with E-state index in [0.717, 1.165) is 0 Å². The molecule has 0 bridgehead atoms. The molecule has 0 fully saturated rings. The maximum atomic E-state index is 11.1. The van der Waals surface area contributed by atoms with E-state index < -0.39 is 6.10 Å². The number of nitrogens with one attached hydrogen (secondary N) is 1. The predicted octanol–water partition coefficient (Wildman–Crippen LogP) is -0.188. The van der Waals surface area contributed by atoms with E-state index in [1.54, 1.807) is 13.8 Å². The maximum Gasteiger partial charge on any atom is 0.249 e. The smallest absolute Gasteiger partial charge is 0.249 e. The lowest BCUT2D eigenvalue weighted by Gasteiger charge is -2.15. The van der Waals surface area contributed by atoms with Crippen molar-refractivity contribution in [2.24, 2.45) is 5.73 Å². The van der Waals surface area contributed by atoms with Crippen LogP contribution in [0.25, 0.3) is 0 Å². The zero-order chi connectivity index (χ0) is 9.72. The quantitative estimate of drug-likeness (QED) is 0.603. The van der Waals surface area contributed by atoms with Gasteiger partial charge < -0.3 is 15.8 Å². The summed E-state index contributed by atoms with van der Waals surface area (Å²) in [5.74, 6) is -0.210. The van der Waals surface area contributed by atoms with Crippen molar-refractivity contribution in [1.82, 2.24) is 5.32 Å². The Morgan fingerprint density at radius 3 is 2.42 bits per heavy atom. The minimum absolute atomic E-state index is 0.210. The van der Waals surface area contributed by atoms with E-state index in [2.05, 4.69) is 17.5 Å². The average Bonchev–Trinajstić information content (AvgIpc) is 2.02. The van der Waals surface area contributed by atoms with Crippen LogP contribution in [0, 0.1) is 0 Å². The molecule has 3 N–H and O–H groups in total. The summed E-state index contributed by atoms with van der Waals surface area (Å²) in [6, 6.07) is -0.287. The second kappa shape index (κ2) is 5.05. The van der Waals surface area contributed by atoms with E-state index in [9.17, 15) is 4.79 Å². The van der Waals surface area contributed by atoms with Crippen LogP contribution in [0.5, 0.6) is 0 Å². The minimum Gasteiger partial charge on any atom is -0.392 e. The van der Waals surface area contributed by atoms with Crippen LogP contribution < -0.4 is 11.1 Å². The van der Waals surface area contributed by atoms with Gasteiger partial charge in [-0.1, -0.05) is 12.2 Å². The van der Waals surface area contributed by atoms with Gasteiger partial charge in [0.1, 0.15) is 6.10 Å². The fourth-order valence-corrected chi connectivity index (χ4v) is 0.568. The first-order valence-electron chi connectivity index (χ1n) is 3.61. The number of ether oxygens (including phenoxy) is 1. The Bertz CT molecular complexity index is 184. The first-order chi connectivity index (χ1) is 5.49. The van der Waals surface area contributed by atoms with Gasteiger partial charge in [-0.25, -0.2) is 0 Å². The number of hydrogen-bond donors (Lipinski definition) is 2. The molecule has 0 heterocycles. The van der Waals surface area contributed by atoms with Crippen LogP contribution >= 0.6 is 12.2 Å². The number of carbonyl (C=O) groups excluding carboxylic acids is 1. The normalized spacial score (nSPS) is 14.9. The van der Waals surface area contributed by atoms with Crippen molar-refractivity contribution in [2.75, 3.05) is 7.11 Å². The molecule has 0 rings (SSSR count). The van der Waals surface area contributed by atoms with Crippen LogP contribution in [0.3, 0.4) is 0 Å². The fourth-order valence-electron chi connectivity index (χ4n) is 0.509. The highest BCUT2D eigenvalue weighted by molar-refractivity contribution is 7.80. The summed E-state index contributed by atoms with van der Waals surface area (Å²) < 4.78 is 4.80. The summed E-state index contributed by atoms with van der Waals surface area (Å²) in [5, 5.41) is 2.60. The molecule has 5 heteroatoms. The zero-order valence-electron chi connectivity index (χ0n) is 7.46. The monoisotopic (exact) mass is 190 g/mol. The second-order valence-corrected chi connectivity index (χ2v) is 2.98. The molecule has 2 atom stereocenters. The van der Waals surface area contributed by atoms with Crippen LogP contribution in [0.1, 0.15) is 13.8 Å². The average molecular weight is 190 g/mol. The third kappa shape index (κ3) is 3.64. The summed E-state index contributed by atoms with van der Waals surface area (Å²) in [6.45, 7) is 3.38. The summed E-state index contributed by atoms with van der Waals surface area (Å²) in [5.41, 5.74) is 5.30. The first-order valence-corrected chi connectivity index (χ1v) is 4.02. The SMILES string of the molecule is COC(C)C(=O)NC(C)C(N)=S. The van der Waals surface area contributed by atoms with Crippen molar-refractivity contribution in [3.63, 3.8) is 0 Å². The highest BCUT2D eigenvalue weighted by atomic mass is 32.1. The van der Waals surface area contributed by atoms with Crippen LogP contribution in [-0.4, -0.2) is 30.2 Å². The Morgan fingerprint density at radius 2 is 2.08 bits per heavy atom. The van der Waals surface area contributed by atoms with Gasteiger partial charge in [0.25, 0.3) is 0 Å². The standard InChI is InChI=1S/C7H14N2O2S/c1-4(6(8)12)9-7(10)5(2)11-3/h4-5H,1-3H3,(H2,8,12)(H,9,10). The van der Waals surface area contributed by atoms with Gasteiger partial charge in [0.15, 0.2) is 0 Å². The van der Waals surface area contributed by atoms with Gasteiger partial charge >= 0.3 is 0 Å². The topological polar surface area (TPSA) is 64.3 Å². The molecule has 70 valence electrons. The second-order valence-electron chi connectivity index (χ2n) is 2.51. The van der Waals surface area contributed by atoms with Gasteiger partial charge in [-0.2, -0.15) is 0 Å². The lowest BCUT2D eigenvalue weighted by atomic mass is 10.3. The summed E-state index contributed by atoms with van der Waals surface area (Å²) in [4.78, 5) is 11.4. The summed E-state index contributed by atoms with van der Waals surface area (Å²) in [6.07, 6.45) is -0.471. The molecule has 0 aliphatic carbocycles. The Morgan fingerprint density at radius 1 is 1.58 bits per heavy atom. The Balaban J connectivity index is 3.92. The van der Waals surface area contributed by atoms with Crippen LogP contribution in [0.2, 0.25) is 0 Å². The van der Waals surface area contributed by atoms with E-state index in [1.807, 2.05) is 0 Å². The van der Waals surface area contributed by atoms with Crippen molar-refractivity contribution < 1.29 is 9.53 Å². The molecule has 12 heavy (non-hydrogen) atoms. The van der Waals surface area contributed by atoms with E-state index in [4.69, 9.17) is 10.5 Å². The van der Waals surface area contributed by atoms with Crippen LogP contribution in [0.4, 0.5) is 0 Å². The van der Waals surface area contributed by atoms with Crippen LogP contribution in [-0.2, 0) is 9.53 Å². The Labute approximate surface area is 77.5 Å². The van der Waals surface area contributed by atoms with Gasteiger partial charge in [0.05, 0.1) is 11.0 Å². The summed E-state index contributed by atoms with van der Waals surface area (Å²) >= 11 is 4.68. The van der Waals surface area contributed by atoms with Crippen molar-refractivity contribution in [3.05, 3.63) is 0 Å². The van der Waals surface area contributed by atoms with Gasteiger partial charge in [-0.05, 0) is 13.8 Å². The van der Waals surface area contributed by atoms with Crippen molar-refractivity contribution >= 4 is 23.1 Å². The van der Waals surface area contributed by atoms with E-state index in [-0.39, 0.29) is 16.9 Å². The van der Waals surface area contributed by atoms with E-state index in [0.29, 0.717) is 0 Å².